The molecule has 0 spiro atoms. The van der Waals surface area contributed by atoms with Crippen LogP contribution in [0.15, 0.2) is 42.5 Å². The zero-order valence-electron chi connectivity index (χ0n) is 9.52. The molecular weight excluding hydrogens is 230 g/mol. The largest absolute Gasteiger partial charge is 0.355 e. The summed E-state index contributed by atoms with van der Waals surface area (Å²) in [6.45, 7) is 0.664. The Kier molecular flexibility index (Phi) is 4.04. The van der Waals surface area contributed by atoms with Crippen LogP contribution in [-0.4, -0.2) is 18.2 Å². The Morgan fingerprint density at radius 3 is 2.65 bits per heavy atom. The summed E-state index contributed by atoms with van der Waals surface area (Å²) in [5.74, 6) is 0.228. The number of hydrogen-bond acceptors (Lipinski definition) is 2. The summed E-state index contributed by atoms with van der Waals surface area (Å²) in [7, 11) is 0. The lowest BCUT2D eigenvalue weighted by Crippen LogP contribution is -2.26. The highest BCUT2D eigenvalue weighted by Gasteiger charge is 1.98. The van der Waals surface area contributed by atoms with E-state index in [0.29, 0.717) is 6.54 Å². The van der Waals surface area contributed by atoms with E-state index >= 15 is 0 Å². The van der Waals surface area contributed by atoms with Crippen molar-refractivity contribution in [1.82, 2.24) is 5.32 Å². The maximum atomic E-state index is 11.0. The van der Waals surface area contributed by atoms with E-state index in [-0.39, 0.29) is 11.7 Å². The third-order valence-electron chi connectivity index (χ3n) is 2.69. The molecule has 0 bridgehead atoms. The van der Waals surface area contributed by atoms with Crippen LogP contribution in [0.3, 0.4) is 0 Å². The molecule has 1 N–H and O–H groups in total. The summed E-state index contributed by atoms with van der Waals surface area (Å²) in [5, 5.41) is 5.30. The molecule has 17 heavy (non-hydrogen) atoms. The number of nitrogens with one attached hydrogen (secondary N) is 1. The Morgan fingerprint density at radius 1 is 1.12 bits per heavy atom. The standard InChI is InChI=1S/C14H15NOS/c16-14(10-17)15-8-7-11-5-6-12-3-1-2-4-13(12)9-11/h1-6,9,17H,7-8,10H2,(H,15,16). The first-order chi connectivity index (χ1) is 8.29. The van der Waals surface area contributed by atoms with Gasteiger partial charge in [-0.3, -0.25) is 4.79 Å². The van der Waals surface area contributed by atoms with Gasteiger partial charge in [0.1, 0.15) is 0 Å². The van der Waals surface area contributed by atoms with E-state index in [4.69, 9.17) is 0 Å². The second-order valence-corrected chi connectivity index (χ2v) is 4.26. The van der Waals surface area contributed by atoms with E-state index in [0.717, 1.165) is 6.42 Å². The fourth-order valence-corrected chi connectivity index (χ4v) is 1.91. The third-order valence-corrected chi connectivity index (χ3v) is 2.98. The quantitative estimate of drug-likeness (QED) is 0.796. The number of hydrogen-bond donors (Lipinski definition) is 2. The van der Waals surface area contributed by atoms with Crippen molar-refractivity contribution in [2.75, 3.05) is 12.3 Å². The third kappa shape index (κ3) is 3.24. The molecule has 0 saturated carbocycles. The molecule has 1 amide bonds. The Bertz CT molecular complexity index is 524. The lowest BCUT2D eigenvalue weighted by atomic mass is 10.1. The molecular formula is C14H15NOS. The van der Waals surface area contributed by atoms with Crippen molar-refractivity contribution in [3.63, 3.8) is 0 Å². The molecule has 0 aliphatic rings. The fourth-order valence-electron chi connectivity index (χ4n) is 1.80. The normalized spacial score (nSPS) is 10.4. The maximum Gasteiger partial charge on any atom is 0.229 e. The minimum Gasteiger partial charge on any atom is -0.355 e. The monoisotopic (exact) mass is 245 g/mol. The van der Waals surface area contributed by atoms with Crippen LogP contribution in [0.25, 0.3) is 10.8 Å². The van der Waals surface area contributed by atoms with Crippen LogP contribution in [0.5, 0.6) is 0 Å². The molecule has 2 nitrogen and oxygen atoms in total. The number of carbonyl (C=O) groups excluding carboxylic acids is 1. The number of amides is 1. The summed E-state index contributed by atoms with van der Waals surface area (Å²) in [6, 6.07) is 14.7. The predicted octanol–water partition coefficient (Wildman–Crippen LogP) is 2.43. The van der Waals surface area contributed by atoms with Crippen LogP contribution < -0.4 is 5.32 Å². The Balaban J connectivity index is 2.02. The van der Waals surface area contributed by atoms with Crippen molar-refractivity contribution in [3.05, 3.63) is 48.0 Å². The number of thiol groups is 1. The molecule has 3 heteroatoms. The van der Waals surface area contributed by atoms with Gasteiger partial charge in [-0.2, -0.15) is 12.6 Å². The first kappa shape index (κ1) is 12.0. The van der Waals surface area contributed by atoms with Crippen LogP contribution in [-0.2, 0) is 11.2 Å². The van der Waals surface area contributed by atoms with Gasteiger partial charge >= 0.3 is 0 Å². The zero-order valence-corrected chi connectivity index (χ0v) is 10.4. The SMILES string of the molecule is O=C(CS)NCCc1ccc2ccccc2c1. The summed E-state index contributed by atoms with van der Waals surface area (Å²) in [5.41, 5.74) is 1.24. The zero-order chi connectivity index (χ0) is 12.1. The molecule has 2 aromatic rings. The summed E-state index contributed by atoms with van der Waals surface area (Å²) < 4.78 is 0. The first-order valence-electron chi connectivity index (χ1n) is 5.65. The van der Waals surface area contributed by atoms with Crippen LogP contribution >= 0.6 is 12.6 Å². The number of fused-ring (bicyclic) bond motifs is 1. The average molecular weight is 245 g/mol. The lowest BCUT2D eigenvalue weighted by molar-refractivity contribution is -0.118. The van der Waals surface area contributed by atoms with Crippen molar-refractivity contribution in [3.8, 4) is 0 Å². The van der Waals surface area contributed by atoms with E-state index in [1.165, 1.54) is 16.3 Å². The molecule has 2 aromatic carbocycles. The number of carbonyl (C=O) groups is 1. The van der Waals surface area contributed by atoms with Crippen molar-refractivity contribution in [2.24, 2.45) is 0 Å². The van der Waals surface area contributed by atoms with Gasteiger partial charge in [0.25, 0.3) is 0 Å². The van der Waals surface area contributed by atoms with Gasteiger partial charge in [0.2, 0.25) is 5.91 Å². The Hall–Kier alpha value is -1.48. The lowest BCUT2D eigenvalue weighted by Gasteiger charge is -2.05. The highest BCUT2D eigenvalue weighted by atomic mass is 32.1. The predicted molar refractivity (Wildman–Crippen MR) is 74.5 cm³/mol. The molecule has 0 saturated heterocycles. The topological polar surface area (TPSA) is 29.1 Å². The van der Waals surface area contributed by atoms with Gasteiger partial charge in [-0.25, -0.2) is 0 Å². The van der Waals surface area contributed by atoms with Gasteiger partial charge < -0.3 is 5.32 Å². The molecule has 88 valence electrons. The van der Waals surface area contributed by atoms with Gasteiger partial charge in [-0.05, 0) is 22.8 Å². The highest BCUT2D eigenvalue weighted by Crippen LogP contribution is 2.15. The van der Waals surface area contributed by atoms with Crippen LogP contribution in [0, 0.1) is 0 Å². The molecule has 0 unspecified atom stereocenters. The fraction of sp³-hybridized carbons (Fsp3) is 0.214. The van der Waals surface area contributed by atoms with E-state index < -0.39 is 0 Å². The molecule has 0 atom stereocenters. The van der Waals surface area contributed by atoms with Crippen LogP contribution in [0.1, 0.15) is 5.56 Å². The highest BCUT2D eigenvalue weighted by molar-refractivity contribution is 7.81. The molecule has 0 radical (unpaired) electrons. The first-order valence-corrected chi connectivity index (χ1v) is 6.28. The summed E-state index contributed by atoms with van der Waals surface area (Å²) in [6.07, 6.45) is 0.852. The summed E-state index contributed by atoms with van der Waals surface area (Å²) >= 11 is 3.91. The van der Waals surface area contributed by atoms with Gasteiger partial charge in [-0.1, -0.05) is 42.5 Å². The second-order valence-electron chi connectivity index (χ2n) is 3.94. The van der Waals surface area contributed by atoms with Gasteiger partial charge in [0.15, 0.2) is 0 Å². The van der Waals surface area contributed by atoms with E-state index in [9.17, 15) is 4.79 Å². The molecule has 2 rings (SSSR count). The Labute approximate surface area is 106 Å². The van der Waals surface area contributed by atoms with E-state index in [1.807, 2.05) is 12.1 Å². The second kappa shape index (κ2) is 5.73. The average Bonchev–Trinajstić information content (AvgIpc) is 2.38. The molecule has 0 fully saturated rings. The van der Waals surface area contributed by atoms with Crippen molar-refractivity contribution in [2.45, 2.75) is 6.42 Å². The number of benzene rings is 2. The smallest absolute Gasteiger partial charge is 0.229 e. The summed E-state index contributed by atoms with van der Waals surface area (Å²) in [4.78, 5) is 11.0. The van der Waals surface area contributed by atoms with E-state index in [1.54, 1.807) is 0 Å². The molecule has 0 aliphatic heterocycles. The minimum absolute atomic E-state index is 0.0193. The van der Waals surface area contributed by atoms with Gasteiger partial charge in [-0.15, -0.1) is 0 Å². The molecule has 0 aliphatic carbocycles. The Morgan fingerprint density at radius 2 is 1.88 bits per heavy atom. The van der Waals surface area contributed by atoms with E-state index in [2.05, 4.69) is 48.3 Å². The number of rotatable bonds is 4. The van der Waals surface area contributed by atoms with Crippen molar-refractivity contribution >= 4 is 29.3 Å². The molecule has 0 heterocycles. The van der Waals surface area contributed by atoms with Crippen LogP contribution in [0.2, 0.25) is 0 Å². The minimum atomic E-state index is -0.0193. The van der Waals surface area contributed by atoms with Crippen LogP contribution in [0.4, 0.5) is 0 Å². The maximum absolute atomic E-state index is 11.0. The van der Waals surface area contributed by atoms with Crippen molar-refractivity contribution < 1.29 is 4.79 Å². The van der Waals surface area contributed by atoms with Gasteiger partial charge in [0, 0.05) is 6.54 Å². The molecule has 0 aromatic heterocycles. The van der Waals surface area contributed by atoms with Crippen molar-refractivity contribution in [1.29, 1.82) is 0 Å². The van der Waals surface area contributed by atoms with Gasteiger partial charge in [0.05, 0.1) is 5.75 Å².